The zero-order valence-corrected chi connectivity index (χ0v) is 21.3. The zero-order valence-electron chi connectivity index (χ0n) is 21.3. The van der Waals surface area contributed by atoms with E-state index in [1.165, 1.54) is 12.1 Å². The van der Waals surface area contributed by atoms with Gasteiger partial charge in [0.25, 0.3) is 0 Å². The topological polar surface area (TPSA) is 50.8 Å². The molecule has 0 fully saturated rings. The van der Waals surface area contributed by atoms with Gasteiger partial charge in [-0.1, -0.05) is 18.2 Å². The van der Waals surface area contributed by atoms with Crippen LogP contribution in [0.5, 0.6) is 11.5 Å². The fraction of sp³-hybridized carbons (Fsp3) is 0.194. The number of alkyl halides is 3. The van der Waals surface area contributed by atoms with Crippen LogP contribution in [0, 0.1) is 0 Å². The lowest BCUT2D eigenvalue weighted by atomic mass is 9.77. The van der Waals surface area contributed by atoms with Crippen LogP contribution in [0.15, 0.2) is 84.9 Å². The van der Waals surface area contributed by atoms with Crippen LogP contribution in [0.3, 0.4) is 0 Å². The van der Waals surface area contributed by atoms with Crippen LogP contribution in [-0.2, 0) is 16.5 Å². The van der Waals surface area contributed by atoms with E-state index in [4.69, 9.17) is 9.47 Å². The summed E-state index contributed by atoms with van der Waals surface area (Å²) in [4.78, 5) is 15.4. The van der Waals surface area contributed by atoms with Crippen molar-refractivity contribution in [3.05, 3.63) is 113 Å². The first-order valence-electron chi connectivity index (χ1n) is 12.7. The normalized spacial score (nSPS) is 17.1. The molecule has 1 unspecified atom stereocenters. The third-order valence-corrected chi connectivity index (χ3v) is 7.32. The number of benzene rings is 4. The van der Waals surface area contributed by atoms with Crippen molar-refractivity contribution in [3.63, 3.8) is 0 Å². The molecule has 0 bridgehead atoms. The van der Waals surface area contributed by atoms with Gasteiger partial charge in [-0.05, 0) is 80.6 Å². The van der Waals surface area contributed by atoms with Crippen molar-refractivity contribution < 1.29 is 27.4 Å². The number of hydrogen-bond acceptors (Lipinski definition) is 5. The average Bonchev–Trinajstić information content (AvgIpc) is 3.23. The molecule has 1 spiro atoms. The van der Waals surface area contributed by atoms with Gasteiger partial charge < -0.3 is 19.7 Å². The third-order valence-electron chi connectivity index (χ3n) is 7.32. The summed E-state index contributed by atoms with van der Waals surface area (Å²) in [5, 5.41) is 3.17. The number of esters is 1. The number of carbonyl (C=O) groups is 1. The number of carbonyl (C=O) groups excluding carboxylic acids is 1. The van der Waals surface area contributed by atoms with Gasteiger partial charge in [0.15, 0.2) is 5.60 Å². The zero-order chi connectivity index (χ0) is 27.4. The Morgan fingerprint density at radius 2 is 1.44 bits per heavy atom. The predicted octanol–water partition coefficient (Wildman–Crippen LogP) is 7.86. The van der Waals surface area contributed by atoms with Gasteiger partial charge in [-0.3, -0.25) is 0 Å². The van der Waals surface area contributed by atoms with Gasteiger partial charge in [0.1, 0.15) is 11.5 Å². The summed E-state index contributed by atoms with van der Waals surface area (Å²) in [5.74, 6) is 0.686. The summed E-state index contributed by atoms with van der Waals surface area (Å²) in [6, 6.07) is 23.4. The molecule has 8 heteroatoms. The van der Waals surface area contributed by atoms with Gasteiger partial charge in [-0.15, -0.1) is 0 Å². The smallest absolute Gasteiger partial charge is 0.416 e. The van der Waals surface area contributed by atoms with Crippen molar-refractivity contribution in [2.45, 2.75) is 25.6 Å². The molecular weight excluding hydrogens is 505 g/mol. The van der Waals surface area contributed by atoms with Crippen molar-refractivity contribution in [1.82, 2.24) is 0 Å². The summed E-state index contributed by atoms with van der Waals surface area (Å²) in [5.41, 5.74) is 2.63. The number of rotatable bonds is 5. The maximum Gasteiger partial charge on any atom is 0.416 e. The van der Waals surface area contributed by atoms with Crippen molar-refractivity contribution in [2.75, 3.05) is 23.3 Å². The molecule has 6 rings (SSSR count). The summed E-state index contributed by atoms with van der Waals surface area (Å²) in [6.07, 6.45) is -4.41. The van der Waals surface area contributed by atoms with Crippen molar-refractivity contribution in [2.24, 2.45) is 0 Å². The van der Waals surface area contributed by atoms with Gasteiger partial charge in [0.2, 0.25) is 0 Å². The summed E-state index contributed by atoms with van der Waals surface area (Å²) < 4.78 is 51.7. The number of halogens is 3. The predicted molar refractivity (Wildman–Crippen MR) is 143 cm³/mol. The minimum absolute atomic E-state index is 0.432. The van der Waals surface area contributed by atoms with Crippen LogP contribution in [0.2, 0.25) is 0 Å². The highest BCUT2D eigenvalue weighted by molar-refractivity contribution is 5.97. The van der Waals surface area contributed by atoms with E-state index in [0.29, 0.717) is 45.1 Å². The molecule has 0 saturated carbocycles. The van der Waals surface area contributed by atoms with Gasteiger partial charge in [0.05, 0.1) is 11.1 Å². The van der Waals surface area contributed by atoms with E-state index in [0.717, 1.165) is 30.9 Å². The quantitative estimate of drug-likeness (QED) is 0.266. The first-order chi connectivity index (χ1) is 18.7. The Hall–Kier alpha value is -4.46. The molecule has 4 aromatic carbocycles. The molecule has 0 aliphatic carbocycles. The van der Waals surface area contributed by atoms with E-state index < -0.39 is 23.3 Å². The molecule has 0 saturated heterocycles. The highest BCUT2D eigenvalue weighted by atomic mass is 19.4. The molecule has 39 heavy (non-hydrogen) atoms. The minimum Gasteiger partial charge on any atom is -0.456 e. The molecule has 198 valence electrons. The van der Waals surface area contributed by atoms with E-state index >= 15 is 0 Å². The summed E-state index contributed by atoms with van der Waals surface area (Å²) >= 11 is 0. The van der Waals surface area contributed by atoms with E-state index in [2.05, 4.69) is 24.1 Å². The Bertz CT molecular complexity index is 1580. The Labute approximate surface area is 223 Å². The maximum absolute atomic E-state index is 13.2. The van der Waals surface area contributed by atoms with Crippen molar-refractivity contribution >= 4 is 23.0 Å². The average molecular weight is 531 g/mol. The van der Waals surface area contributed by atoms with Crippen LogP contribution >= 0.6 is 0 Å². The Morgan fingerprint density at radius 3 is 2.13 bits per heavy atom. The molecule has 4 aromatic rings. The maximum atomic E-state index is 13.2. The number of fused-ring (bicyclic) bond motifs is 6. The van der Waals surface area contributed by atoms with Gasteiger partial charge >= 0.3 is 12.1 Å². The summed E-state index contributed by atoms with van der Waals surface area (Å²) in [6.45, 7) is 5.76. The van der Waals surface area contributed by atoms with E-state index in [-0.39, 0.29) is 0 Å². The van der Waals surface area contributed by atoms with E-state index in [9.17, 15) is 18.0 Å². The fourth-order valence-corrected chi connectivity index (χ4v) is 5.43. The number of hydrogen-bond donors (Lipinski definition) is 1. The minimum atomic E-state index is -4.41. The molecule has 1 atom stereocenters. The highest BCUT2D eigenvalue weighted by Crippen LogP contribution is 2.57. The number of nitrogens with zero attached hydrogens (tertiary/aromatic N) is 1. The highest BCUT2D eigenvalue weighted by Gasteiger charge is 2.53. The Morgan fingerprint density at radius 1 is 0.795 bits per heavy atom. The molecule has 0 amide bonds. The lowest BCUT2D eigenvalue weighted by molar-refractivity contribution is -0.137. The van der Waals surface area contributed by atoms with Gasteiger partial charge in [-0.2, -0.15) is 13.2 Å². The van der Waals surface area contributed by atoms with Crippen LogP contribution in [0.25, 0.3) is 0 Å². The second-order valence-corrected chi connectivity index (χ2v) is 9.48. The molecule has 5 nitrogen and oxygen atoms in total. The van der Waals surface area contributed by atoms with Crippen molar-refractivity contribution in [1.29, 1.82) is 0 Å². The second-order valence-electron chi connectivity index (χ2n) is 9.48. The fourth-order valence-electron chi connectivity index (χ4n) is 5.43. The lowest BCUT2D eigenvalue weighted by Crippen LogP contribution is -2.33. The molecule has 0 aromatic heterocycles. The largest absolute Gasteiger partial charge is 0.456 e. The molecule has 2 aliphatic rings. The standard InChI is InChI=1S/C31H25F3N2O3/c1-3-36(4-2)22-14-16-28-26(18-22)30(24-8-6-5-7-23(24)29(37)39-30)25-17-21(13-15-27(25)38-28)35-20-11-9-19(10-12-20)31(32,33)34/h5-18,35H,3-4H2,1-2H3. The number of ether oxygens (including phenoxy) is 2. The van der Waals surface area contributed by atoms with Crippen LogP contribution < -0.4 is 15.0 Å². The Kier molecular flexibility index (Phi) is 5.79. The van der Waals surface area contributed by atoms with Crippen LogP contribution in [-0.4, -0.2) is 19.1 Å². The second kappa shape index (κ2) is 9.08. The monoisotopic (exact) mass is 530 g/mol. The first kappa shape index (κ1) is 24.9. The molecular formula is C31H25F3N2O3. The van der Waals surface area contributed by atoms with Crippen LogP contribution in [0.1, 0.15) is 46.5 Å². The van der Waals surface area contributed by atoms with E-state index in [1.807, 2.05) is 36.4 Å². The Balaban J connectivity index is 1.50. The van der Waals surface area contributed by atoms with E-state index in [1.54, 1.807) is 24.3 Å². The number of nitrogens with one attached hydrogen (secondary N) is 1. The van der Waals surface area contributed by atoms with Gasteiger partial charge in [-0.25, -0.2) is 4.79 Å². The lowest BCUT2D eigenvalue weighted by Gasteiger charge is -2.37. The first-order valence-corrected chi connectivity index (χ1v) is 12.7. The SMILES string of the molecule is CCN(CC)c1ccc2c(c1)C1(OC(=O)c3ccccc31)c1cc(Nc3ccc(C(F)(F)F)cc3)ccc1O2. The van der Waals surface area contributed by atoms with Gasteiger partial charge in [0, 0.05) is 46.8 Å². The van der Waals surface area contributed by atoms with Crippen molar-refractivity contribution in [3.8, 4) is 11.5 Å². The molecule has 2 heterocycles. The van der Waals surface area contributed by atoms with Crippen LogP contribution in [0.4, 0.5) is 30.2 Å². The number of anilines is 3. The molecule has 1 N–H and O–H groups in total. The third kappa shape index (κ3) is 3.98. The summed E-state index contributed by atoms with van der Waals surface area (Å²) in [7, 11) is 0. The molecule has 2 aliphatic heterocycles. The molecule has 0 radical (unpaired) electrons.